The van der Waals surface area contributed by atoms with Crippen molar-refractivity contribution < 1.29 is 9.47 Å². The molecule has 2 aliphatic rings. The van der Waals surface area contributed by atoms with Crippen LogP contribution in [0.15, 0.2) is 0 Å². The molecule has 0 aromatic rings. The van der Waals surface area contributed by atoms with Gasteiger partial charge in [-0.2, -0.15) is 0 Å². The Morgan fingerprint density at radius 2 is 1.25 bits per heavy atom. The molecule has 0 spiro atoms. The van der Waals surface area contributed by atoms with Gasteiger partial charge in [0.25, 0.3) is 0 Å². The van der Waals surface area contributed by atoms with Crippen LogP contribution in [0.4, 0.5) is 0 Å². The van der Waals surface area contributed by atoms with Crippen molar-refractivity contribution in [3.63, 3.8) is 0 Å². The maximum Gasteiger partial charge on any atom is 0.0703 e. The Morgan fingerprint density at radius 3 is 1.65 bits per heavy atom. The van der Waals surface area contributed by atoms with E-state index < -0.39 is 0 Å². The van der Waals surface area contributed by atoms with Crippen molar-refractivity contribution in [1.82, 2.24) is 9.80 Å². The van der Waals surface area contributed by atoms with E-state index in [9.17, 15) is 0 Å². The molecule has 2 fully saturated rings. The third-order valence-electron chi connectivity index (χ3n) is 4.34. The Kier molecular flexibility index (Phi) is 7.28. The standard InChI is InChI=1S/C16H32N2O2/c1-3-7-17-9-11-19-15(13-17)5-6-16-14-18(8-4-2)10-12-20-16/h15-16H,3-14H2,1-2H3. The lowest BCUT2D eigenvalue weighted by Gasteiger charge is -2.35. The van der Waals surface area contributed by atoms with Crippen LogP contribution in [0.2, 0.25) is 0 Å². The summed E-state index contributed by atoms with van der Waals surface area (Å²) in [5.74, 6) is 0. The van der Waals surface area contributed by atoms with Gasteiger partial charge in [-0.3, -0.25) is 9.80 Å². The van der Waals surface area contributed by atoms with E-state index in [1.165, 1.54) is 25.9 Å². The van der Waals surface area contributed by atoms with Gasteiger partial charge in [-0.05, 0) is 38.8 Å². The first-order valence-corrected chi connectivity index (χ1v) is 8.49. The molecule has 0 aromatic heterocycles. The summed E-state index contributed by atoms with van der Waals surface area (Å²) in [4.78, 5) is 5.08. The largest absolute Gasteiger partial charge is 0.376 e. The van der Waals surface area contributed by atoms with Crippen LogP contribution in [0.5, 0.6) is 0 Å². The van der Waals surface area contributed by atoms with Crippen LogP contribution < -0.4 is 0 Å². The summed E-state index contributed by atoms with van der Waals surface area (Å²) in [5, 5.41) is 0. The molecule has 2 unspecified atom stereocenters. The van der Waals surface area contributed by atoms with Gasteiger partial charge in [0.2, 0.25) is 0 Å². The zero-order valence-electron chi connectivity index (χ0n) is 13.4. The summed E-state index contributed by atoms with van der Waals surface area (Å²) in [6.07, 6.45) is 5.60. The minimum atomic E-state index is 0.417. The van der Waals surface area contributed by atoms with Gasteiger partial charge < -0.3 is 9.47 Å². The van der Waals surface area contributed by atoms with Gasteiger partial charge in [0.1, 0.15) is 0 Å². The highest BCUT2D eigenvalue weighted by Gasteiger charge is 2.24. The maximum atomic E-state index is 5.91. The molecule has 4 heteroatoms. The van der Waals surface area contributed by atoms with Gasteiger partial charge in [-0.25, -0.2) is 0 Å². The zero-order valence-corrected chi connectivity index (χ0v) is 13.4. The van der Waals surface area contributed by atoms with Crippen molar-refractivity contribution in [2.45, 2.75) is 51.7 Å². The van der Waals surface area contributed by atoms with Gasteiger partial charge in [0, 0.05) is 26.2 Å². The van der Waals surface area contributed by atoms with Gasteiger partial charge in [0.05, 0.1) is 25.4 Å². The third kappa shape index (κ3) is 5.32. The summed E-state index contributed by atoms with van der Waals surface area (Å²) in [5.41, 5.74) is 0. The highest BCUT2D eigenvalue weighted by atomic mass is 16.5. The lowest BCUT2D eigenvalue weighted by atomic mass is 10.1. The van der Waals surface area contributed by atoms with Gasteiger partial charge in [0.15, 0.2) is 0 Å². The SMILES string of the molecule is CCCN1CCOC(CCC2CN(CCC)CCO2)C1. The van der Waals surface area contributed by atoms with E-state index in [1.54, 1.807) is 0 Å². The van der Waals surface area contributed by atoms with Crippen LogP contribution >= 0.6 is 0 Å². The quantitative estimate of drug-likeness (QED) is 0.714. The minimum Gasteiger partial charge on any atom is -0.376 e. The second-order valence-corrected chi connectivity index (χ2v) is 6.16. The molecule has 2 atom stereocenters. The van der Waals surface area contributed by atoms with Crippen molar-refractivity contribution in [2.24, 2.45) is 0 Å². The summed E-state index contributed by atoms with van der Waals surface area (Å²) in [6, 6.07) is 0. The molecule has 0 bridgehead atoms. The summed E-state index contributed by atoms with van der Waals surface area (Å²) < 4.78 is 11.8. The fourth-order valence-corrected chi connectivity index (χ4v) is 3.32. The van der Waals surface area contributed by atoms with Crippen LogP contribution in [-0.4, -0.2) is 74.5 Å². The summed E-state index contributed by atoms with van der Waals surface area (Å²) >= 11 is 0. The summed E-state index contributed by atoms with van der Waals surface area (Å²) in [7, 11) is 0. The maximum absolute atomic E-state index is 5.91. The first kappa shape index (κ1) is 16.2. The lowest BCUT2D eigenvalue weighted by Crippen LogP contribution is -2.45. The molecular formula is C16H32N2O2. The van der Waals surface area contributed by atoms with Crippen molar-refractivity contribution in [3.8, 4) is 0 Å². The van der Waals surface area contributed by atoms with E-state index in [0.29, 0.717) is 12.2 Å². The number of hydrogen-bond acceptors (Lipinski definition) is 4. The Morgan fingerprint density at radius 1 is 0.800 bits per heavy atom. The Balaban J connectivity index is 1.66. The Labute approximate surface area is 124 Å². The van der Waals surface area contributed by atoms with E-state index in [1.807, 2.05) is 0 Å². The molecule has 4 nitrogen and oxygen atoms in total. The van der Waals surface area contributed by atoms with Crippen molar-refractivity contribution >= 4 is 0 Å². The molecule has 0 N–H and O–H groups in total. The average Bonchev–Trinajstić information content (AvgIpc) is 2.47. The van der Waals surface area contributed by atoms with Crippen LogP contribution in [0.3, 0.4) is 0 Å². The number of morpholine rings is 2. The topological polar surface area (TPSA) is 24.9 Å². The first-order chi connectivity index (χ1) is 9.81. The number of hydrogen-bond donors (Lipinski definition) is 0. The fraction of sp³-hybridized carbons (Fsp3) is 1.00. The molecule has 0 amide bonds. The molecule has 0 aromatic carbocycles. The molecule has 2 rings (SSSR count). The molecule has 2 aliphatic heterocycles. The monoisotopic (exact) mass is 284 g/mol. The van der Waals surface area contributed by atoms with E-state index in [-0.39, 0.29) is 0 Å². The number of nitrogens with zero attached hydrogens (tertiary/aromatic N) is 2. The fourth-order valence-electron chi connectivity index (χ4n) is 3.32. The van der Waals surface area contributed by atoms with Crippen molar-refractivity contribution in [3.05, 3.63) is 0 Å². The number of rotatable bonds is 7. The Hall–Kier alpha value is -0.160. The first-order valence-electron chi connectivity index (χ1n) is 8.49. The lowest BCUT2D eigenvalue weighted by molar-refractivity contribution is -0.0597. The molecule has 2 heterocycles. The molecule has 0 aliphatic carbocycles. The average molecular weight is 284 g/mol. The van der Waals surface area contributed by atoms with E-state index in [4.69, 9.17) is 9.47 Å². The van der Waals surface area contributed by atoms with Crippen LogP contribution in [0, 0.1) is 0 Å². The smallest absolute Gasteiger partial charge is 0.0703 e. The predicted octanol–water partition coefficient (Wildman–Crippen LogP) is 1.99. The third-order valence-corrected chi connectivity index (χ3v) is 4.34. The molecule has 0 radical (unpaired) electrons. The Bertz CT molecular complexity index is 233. The van der Waals surface area contributed by atoms with Crippen LogP contribution in [0.1, 0.15) is 39.5 Å². The second-order valence-electron chi connectivity index (χ2n) is 6.16. The highest BCUT2D eigenvalue weighted by Crippen LogP contribution is 2.16. The number of ether oxygens (including phenoxy) is 2. The predicted molar refractivity (Wildman–Crippen MR) is 82.2 cm³/mol. The second kappa shape index (κ2) is 8.98. The van der Waals surface area contributed by atoms with Crippen LogP contribution in [-0.2, 0) is 9.47 Å². The van der Waals surface area contributed by atoms with Crippen molar-refractivity contribution in [1.29, 1.82) is 0 Å². The summed E-state index contributed by atoms with van der Waals surface area (Å²) in [6.45, 7) is 13.2. The van der Waals surface area contributed by atoms with E-state index in [2.05, 4.69) is 23.6 Å². The molecule has 118 valence electrons. The molecular weight excluding hydrogens is 252 g/mol. The zero-order chi connectivity index (χ0) is 14.2. The minimum absolute atomic E-state index is 0.417. The highest BCUT2D eigenvalue weighted by molar-refractivity contribution is 4.76. The molecule has 20 heavy (non-hydrogen) atoms. The van der Waals surface area contributed by atoms with Crippen molar-refractivity contribution in [2.75, 3.05) is 52.5 Å². The van der Waals surface area contributed by atoms with Gasteiger partial charge in [-0.15, -0.1) is 0 Å². The normalized spacial score (nSPS) is 29.7. The molecule has 0 saturated carbocycles. The van der Waals surface area contributed by atoms with Gasteiger partial charge >= 0.3 is 0 Å². The van der Waals surface area contributed by atoms with E-state index in [0.717, 1.165) is 52.2 Å². The van der Waals surface area contributed by atoms with Gasteiger partial charge in [-0.1, -0.05) is 13.8 Å². The van der Waals surface area contributed by atoms with E-state index >= 15 is 0 Å². The van der Waals surface area contributed by atoms with Crippen LogP contribution in [0.25, 0.3) is 0 Å². The molecule has 2 saturated heterocycles.